The number of hydrogen-bond acceptors (Lipinski definition) is 5. The molecule has 0 bridgehead atoms. The number of allylic oxidation sites excluding steroid dienone is 10. The van der Waals surface area contributed by atoms with Crippen LogP contribution < -0.4 is 0 Å². The lowest BCUT2D eigenvalue weighted by atomic mass is 9.87. The number of thiophene rings is 1. The topological polar surface area (TPSA) is 51.8 Å². The minimum Gasteiger partial charge on any atom is -0.456 e. The summed E-state index contributed by atoms with van der Waals surface area (Å²) in [6.07, 6.45) is 22.2. The van der Waals surface area contributed by atoms with Gasteiger partial charge in [-0.2, -0.15) is 0 Å². The fraction of sp³-hybridized carbons (Fsp3) is 0.109. The molecule has 4 nitrogen and oxygen atoms in total. The van der Waals surface area contributed by atoms with Crippen LogP contribution in [0.4, 0.5) is 0 Å². The van der Waals surface area contributed by atoms with E-state index >= 15 is 0 Å². The SMILES string of the molecule is C=C/C=C\C=C/Cc1nc(C2=CCC(c3ccccc3)C=C2)nc(-c2c(C3=Cc4sc5ccccc5c4CC3)ccc3oc4ccccc4c23)n1. The highest BCUT2D eigenvalue weighted by molar-refractivity contribution is 7.20. The average Bonchev–Trinajstić information content (AvgIpc) is 3.76. The van der Waals surface area contributed by atoms with Gasteiger partial charge in [-0.3, -0.25) is 0 Å². The van der Waals surface area contributed by atoms with Crippen molar-refractivity contribution in [2.45, 2.75) is 31.6 Å². The van der Waals surface area contributed by atoms with Crippen LogP contribution in [0.2, 0.25) is 0 Å². The molecule has 9 rings (SSSR count). The molecule has 7 aromatic rings. The van der Waals surface area contributed by atoms with Gasteiger partial charge in [-0.1, -0.05) is 128 Å². The summed E-state index contributed by atoms with van der Waals surface area (Å²) in [5.74, 6) is 2.40. The lowest BCUT2D eigenvalue weighted by Crippen LogP contribution is -2.08. The molecule has 0 saturated heterocycles. The summed E-state index contributed by atoms with van der Waals surface area (Å²) in [7, 11) is 0. The van der Waals surface area contributed by atoms with Gasteiger partial charge in [-0.15, -0.1) is 11.3 Å². The number of hydrogen-bond donors (Lipinski definition) is 0. The van der Waals surface area contributed by atoms with E-state index in [2.05, 4.69) is 116 Å². The van der Waals surface area contributed by atoms with E-state index < -0.39 is 0 Å². The molecule has 0 saturated carbocycles. The number of benzene rings is 4. The highest BCUT2D eigenvalue weighted by Crippen LogP contribution is 2.45. The molecule has 0 radical (unpaired) electrons. The van der Waals surface area contributed by atoms with Gasteiger partial charge in [0.1, 0.15) is 17.0 Å². The third-order valence-corrected chi connectivity index (χ3v) is 11.0. The second-order valence-corrected chi connectivity index (χ2v) is 14.1. The number of rotatable bonds is 8. The predicted octanol–water partition coefficient (Wildman–Crippen LogP) is 12.1. The van der Waals surface area contributed by atoms with E-state index in [4.69, 9.17) is 19.4 Å². The van der Waals surface area contributed by atoms with E-state index in [-0.39, 0.29) is 0 Å². The molecular weight excluding hydrogens is 643 g/mol. The zero-order valence-corrected chi connectivity index (χ0v) is 28.9. The molecule has 4 aromatic carbocycles. The first kappa shape index (κ1) is 31.1. The maximum atomic E-state index is 6.45. The van der Waals surface area contributed by atoms with Crippen molar-refractivity contribution < 1.29 is 4.42 Å². The maximum absolute atomic E-state index is 6.45. The van der Waals surface area contributed by atoms with Crippen LogP contribution in [-0.2, 0) is 12.8 Å². The monoisotopic (exact) mass is 677 g/mol. The Morgan fingerprint density at radius 2 is 1.61 bits per heavy atom. The second-order valence-electron chi connectivity index (χ2n) is 13.0. The molecule has 1 atom stereocenters. The number of furan rings is 1. The second kappa shape index (κ2) is 13.4. The normalized spacial score (nSPS) is 16.0. The Morgan fingerprint density at radius 3 is 2.47 bits per heavy atom. The van der Waals surface area contributed by atoms with Gasteiger partial charge in [-0.05, 0) is 71.2 Å². The van der Waals surface area contributed by atoms with Gasteiger partial charge in [0.25, 0.3) is 0 Å². The Balaban J connectivity index is 1.22. The minimum atomic E-state index is 0.324. The zero-order valence-electron chi connectivity index (χ0n) is 28.1. The van der Waals surface area contributed by atoms with Crippen molar-refractivity contribution in [2.75, 3.05) is 0 Å². The molecule has 3 aromatic heterocycles. The van der Waals surface area contributed by atoms with Crippen molar-refractivity contribution in [3.63, 3.8) is 0 Å². The number of para-hydroxylation sites is 1. The molecule has 0 N–H and O–H groups in total. The highest BCUT2D eigenvalue weighted by Gasteiger charge is 2.25. The largest absolute Gasteiger partial charge is 0.456 e. The van der Waals surface area contributed by atoms with Gasteiger partial charge >= 0.3 is 0 Å². The summed E-state index contributed by atoms with van der Waals surface area (Å²) < 4.78 is 7.78. The van der Waals surface area contributed by atoms with Gasteiger partial charge in [0.05, 0.1) is 0 Å². The molecule has 2 aliphatic rings. The van der Waals surface area contributed by atoms with Crippen molar-refractivity contribution in [1.82, 2.24) is 15.0 Å². The van der Waals surface area contributed by atoms with Crippen LogP contribution in [-0.4, -0.2) is 15.0 Å². The van der Waals surface area contributed by atoms with Crippen molar-refractivity contribution in [2.24, 2.45) is 0 Å². The van der Waals surface area contributed by atoms with E-state index in [0.29, 0.717) is 24.0 Å². The smallest absolute Gasteiger partial charge is 0.165 e. The van der Waals surface area contributed by atoms with Gasteiger partial charge in [-0.25, -0.2) is 15.0 Å². The first-order valence-electron chi connectivity index (χ1n) is 17.5. The quantitative estimate of drug-likeness (QED) is 0.150. The molecule has 0 fully saturated rings. The number of fused-ring (bicyclic) bond motifs is 6. The van der Waals surface area contributed by atoms with Crippen molar-refractivity contribution in [3.8, 4) is 11.4 Å². The van der Waals surface area contributed by atoms with Crippen LogP contribution in [0.3, 0.4) is 0 Å². The Morgan fingerprint density at radius 1 is 0.784 bits per heavy atom. The number of aryl methyl sites for hydroxylation is 1. The van der Waals surface area contributed by atoms with Crippen molar-refractivity contribution >= 4 is 60.6 Å². The summed E-state index contributed by atoms with van der Waals surface area (Å²) in [5.41, 5.74) is 8.88. The molecular formula is C46H35N3OS. The molecule has 0 spiro atoms. The molecule has 0 amide bonds. The van der Waals surface area contributed by atoms with E-state index in [0.717, 1.165) is 63.7 Å². The summed E-state index contributed by atoms with van der Waals surface area (Å²) in [6.45, 7) is 3.78. The third kappa shape index (κ3) is 5.90. The van der Waals surface area contributed by atoms with Crippen LogP contribution in [0, 0.1) is 0 Å². The third-order valence-electron chi connectivity index (χ3n) is 9.85. The predicted molar refractivity (Wildman–Crippen MR) is 214 cm³/mol. The first-order valence-corrected chi connectivity index (χ1v) is 18.3. The van der Waals surface area contributed by atoms with Gasteiger partial charge in [0, 0.05) is 43.8 Å². The van der Waals surface area contributed by atoms with Crippen LogP contribution in [0.5, 0.6) is 0 Å². The molecule has 5 heteroatoms. The lowest BCUT2D eigenvalue weighted by molar-refractivity contribution is 0.669. The van der Waals surface area contributed by atoms with Crippen LogP contribution in [0.1, 0.15) is 52.0 Å². The molecule has 51 heavy (non-hydrogen) atoms. The van der Waals surface area contributed by atoms with Crippen LogP contribution in [0.15, 0.2) is 151 Å². The molecule has 2 aliphatic carbocycles. The summed E-state index contributed by atoms with van der Waals surface area (Å²) in [4.78, 5) is 16.9. The Bertz CT molecular complexity index is 2610. The fourth-order valence-corrected chi connectivity index (χ4v) is 8.61. The first-order chi connectivity index (χ1) is 25.2. The van der Waals surface area contributed by atoms with Crippen LogP contribution in [0.25, 0.3) is 60.6 Å². The van der Waals surface area contributed by atoms with Gasteiger partial charge < -0.3 is 4.42 Å². The average molecular weight is 678 g/mol. The summed E-state index contributed by atoms with van der Waals surface area (Å²) >= 11 is 1.87. The molecule has 246 valence electrons. The Labute approximate surface area is 301 Å². The van der Waals surface area contributed by atoms with E-state index in [1.807, 2.05) is 41.7 Å². The summed E-state index contributed by atoms with van der Waals surface area (Å²) in [5, 5.41) is 3.47. The van der Waals surface area contributed by atoms with Gasteiger partial charge in [0.2, 0.25) is 0 Å². The van der Waals surface area contributed by atoms with Crippen molar-refractivity contribution in [1.29, 1.82) is 0 Å². The Kier molecular flexibility index (Phi) is 8.19. The number of aromatic nitrogens is 3. The lowest BCUT2D eigenvalue weighted by Gasteiger charge is -2.19. The van der Waals surface area contributed by atoms with Gasteiger partial charge in [0.15, 0.2) is 11.6 Å². The van der Waals surface area contributed by atoms with E-state index in [1.165, 1.54) is 31.7 Å². The molecule has 1 unspecified atom stereocenters. The molecule has 3 heterocycles. The minimum absolute atomic E-state index is 0.324. The molecule has 0 aliphatic heterocycles. The maximum Gasteiger partial charge on any atom is 0.165 e. The highest BCUT2D eigenvalue weighted by atomic mass is 32.1. The standard InChI is InChI=1S/C46H35N3OS/c1-2-3-4-5-9-20-42-47-45(32-23-21-31(22-24-32)30-14-7-6-8-15-30)49-46(48-42)44-34(27-28-39-43(44)37-17-10-12-18-38(37)50-39)33-25-26-36-35-16-11-13-19-40(35)51-41(36)29-33/h2-19,21,23-24,27-29,31H,1,20,22,25-26H2/b4-3-,9-5-. The van der Waals surface area contributed by atoms with E-state index in [9.17, 15) is 0 Å². The Hall–Kier alpha value is -5.91. The zero-order chi connectivity index (χ0) is 34.1. The van der Waals surface area contributed by atoms with Crippen molar-refractivity contribution in [3.05, 3.63) is 179 Å². The number of nitrogens with zero attached hydrogens (tertiary/aromatic N) is 3. The fourth-order valence-electron chi connectivity index (χ4n) is 7.39. The van der Waals surface area contributed by atoms with E-state index in [1.54, 1.807) is 6.08 Å². The van der Waals surface area contributed by atoms with Crippen LogP contribution >= 0.6 is 11.3 Å². The summed E-state index contributed by atoms with van der Waals surface area (Å²) in [6, 6.07) is 32.0.